The number of hydrogen-bond acceptors (Lipinski definition) is 4. The number of carbonyl (C=O) groups is 1. The molecule has 4 rings (SSSR count). The Morgan fingerprint density at radius 1 is 1.20 bits per heavy atom. The largest absolute Gasteiger partial charge is 0.393 e. The molecule has 1 atom stereocenters. The Kier molecular flexibility index (Phi) is 4.63. The van der Waals surface area contributed by atoms with E-state index in [4.69, 9.17) is 11.6 Å². The van der Waals surface area contributed by atoms with Crippen LogP contribution in [-0.2, 0) is 4.79 Å². The van der Waals surface area contributed by atoms with Gasteiger partial charge in [0.15, 0.2) is 0 Å². The summed E-state index contributed by atoms with van der Waals surface area (Å²) >= 11 is 6.33. The zero-order valence-corrected chi connectivity index (χ0v) is 15.3. The number of pyridine rings is 1. The first kappa shape index (κ1) is 17.1. The van der Waals surface area contributed by atoms with Crippen LogP contribution in [0.5, 0.6) is 0 Å². The predicted molar refractivity (Wildman–Crippen MR) is 97.7 cm³/mol. The molecule has 1 saturated carbocycles. The van der Waals surface area contributed by atoms with Crippen LogP contribution in [0.3, 0.4) is 0 Å². The third-order valence-corrected chi connectivity index (χ3v) is 6.56. The molecule has 3 fully saturated rings. The summed E-state index contributed by atoms with van der Waals surface area (Å²) in [6, 6.07) is 4.01. The molecule has 0 radical (unpaired) electrons. The molecule has 1 N–H and O–H groups in total. The van der Waals surface area contributed by atoms with Crippen molar-refractivity contribution in [3.63, 3.8) is 0 Å². The van der Waals surface area contributed by atoms with Gasteiger partial charge in [-0.15, -0.1) is 0 Å². The van der Waals surface area contributed by atoms with E-state index >= 15 is 0 Å². The number of likely N-dealkylation sites (tertiary alicyclic amines) is 1. The SMILES string of the molecule is O=C1N(C2CCC(O)CC2)CCC12CCCN(c1ncccc1Cl)C2. The van der Waals surface area contributed by atoms with Gasteiger partial charge < -0.3 is 14.9 Å². The van der Waals surface area contributed by atoms with E-state index in [2.05, 4.69) is 14.8 Å². The first-order valence-electron chi connectivity index (χ1n) is 9.44. The minimum absolute atomic E-state index is 0.181. The summed E-state index contributed by atoms with van der Waals surface area (Å²) < 4.78 is 0. The molecule has 1 amide bonds. The summed E-state index contributed by atoms with van der Waals surface area (Å²) in [7, 11) is 0. The summed E-state index contributed by atoms with van der Waals surface area (Å²) in [5.41, 5.74) is -0.283. The molecule has 1 unspecified atom stereocenters. The van der Waals surface area contributed by atoms with Gasteiger partial charge in [-0.25, -0.2) is 4.98 Å². The molecule has 3 heterocycles. The Hall–Kier alpha value is -1.33. The average Bonchev–Trinajstić information content (AvgIpc) is 2.92. The molecule has 6 heteroatoms. The second-order valence-corrected chi connectivity index (χ2v) is 8.23. The third kappa shape index (κ3) is 3.13. The maximum Gasteiger partial charge on any atom is 0.230 e. The number of nitrogens with zero attached hydrogens (tertiary/aromatic N) is 3. The fourth-order valence-electron chi connectivity index (χ4n) is 4.87. The van der Waals surface area contributed by atoms with E-state index in [0.717, 1.165) is 63.9 Å². The zero-order chi connectivity index (χ0) is 17.4. The van der Waals surface area contributed by atoms with Crippen LogP contribution in [0.4, 0.5) is 5.82 Å². The van der Waals surface area contributed by atoms with Crippen LogP contribution in [0, 0.1) is 5.41 Å². The monoisotopic (exact) mass is 363 g/mol. The Labute approximate surface area is 154 Å². The molecule has 1 aromatic heterocycles. The first-order valence-corrected chi connectivity index (χ1v) is 9.81. The number of carbonyl (C=O) groups excluding carboxylic acids is 1. The quantitative estimate of drug-likeness (QED) is 0.877. The molecule has 25 heavy (non-hydrogen) atoms. The van der Waals surface area contributed by atoms with Crippen LogP contribution in [0.25, 0.3) is 0 Å². The van der Waals surface area contributed by atoms with Crippen LogP contribution in [0.2, 0.25) is 5.02 Å². The number of aliphatic hydroxyl groups is 1. The lowest BCUT2D eigenvalue weighted by Crippen LogP contribution is -2.50. The van der Waals surface area contributed by atoms with Gasteiger partial charge in [-0.2, -0.15) is 0 Å². The number of piperidine rings is 1. The van der Waals surface area contributed by atoms with Crippen LogP contribution in [0.15, 0.2) is 18.3 Å². The highest BCUT2D eigenvalue weighted by molar-refractivity contribution is 6.32. The summed E-state index contributed by atoms with van der Waals surface area (Å²) in [5, 5.41) is 10.4. The molecule has 0 bridgehead atoms. The van der Waals surface area contributed by atoms with Gasteiger partial charge in [-0.3, -0.25) is 4.79 Å². The summed E-state index contributed by atoms with van der Waals surface area (Å²) in [6.45, 7) is 2.47. The molecule has 1 spiro atoms. The number of aliphatic hydroxyl groups excluding tert-OH is 1. The van der Waals surface area contributed by atoms with E-state index in [-0.39, 0.29) is 11.5 Å². The normalized spacial score (nSPS) is 33.3. The second-order valence-electron chi connectivity index (χ2n) is 7.83. The topological polar surface area (TPSA) is 56.7 Å². The highest BCUT2D eigenvalue weighted by Gasteiger charge is 2.50. The average molecular weight is 364 g/mol. The highest BCUT2D eigenvalue weighted by Crippen LogP contribution is 2.43. The molecular formula is C19H26ClN3O2. The zero-order valence-electron chi connectivity index (χ0n) is 14.5. The summed E-state index contributed by atoms with van der Waals surface area (Å²) in [5.74, 6) is 1.11. The van der Waals surface area contributed by atoms with Crippen LogP contribution in [0.1, 0.15) is 44.9 Å². The molecule has 1 aromatic rings. The lowest BCUT2D eigenvalue weighted by Gasteiger charge is -2.41. The van der Waals surface area contributed by atoms with Crippen LogP contribution < -0.4 is 4.90 Å². The number of amides is 1. The van der Waals surface area contributed by atoms with Crippen molar-refractivity contribution < 1.29 is 9.90 Å². The maximum atomic E-state index is 13.3. The summed E-state index contributed by atoms with van der Waals surface area (Å²) in [4.78, 5) is 22.0. The van der Waals surface area contributed by atoms with Crippen molar-refractivity contribution in [2.45, 2.75) is 57.1 Å². The Balaban J connectivity index is 1.50. The lowest BCUT2D eigenvalue weighted by molar-refractivity contribution is -0.139. The first-order chi connectivity index (χ1) is 12.1. The lowest BCUT2D eigenvalue weighted by atomic mass is 9.78. The number of hydrogen-bond donors (Lipinski definition) is 1. The van der Waals surface area contributed by atoms with Crippen molar-refractivity contribution >= 4 is 23.3 Å². The smallest absolute Gasteiger partial charge is 0.230 e. The van der Waals surface area contributed by atoms with Gasteiger partial charge in [0.25, 0.3) is 0 Å². The molecule has 0 aromatic carbocycles. The minimum atomic E-state index is -0.283. The molecular weight excluding hydrogens is 338 g/mol. The number of rotatable bonds is 2. The van der Waals surface area contributed by atoms with E-state index in [0.29, 0.717) is 23.5 Å². The van der Waals surface area contributed by atoms with Gasteiger partial charge >= 0.3 is 0 Å². The summed E-state index contributed by atoms with van der Waals surface area (Å²) in [6.07, 6.45) is 7.95. The Morgan fingerprint density at radius 2 is 2.00 bits per heavy atom. The van der Waals surface area contributed by atoms with Gasteiger partial charge in [0.1, 0.15) is 5.82 Å². The van der Waals surface area contributed by atoms with Gasteiger partial charge in [0.05, 0.1) is 16.5 Å². The minimum Gasteiger partial charge on any atom is -0.393 e. The van der Waals surface area contributed by atoms with Crippen molar-refractivity contribution in [1.29, 1.82) is 0 Å². The fourth-order valence-corrected chi connectivity index (χ4v) is 5.11. The molecule has 5 nitrogen and oxygen atoms in total. The van der Waals surface area contributed by atoms with Gasteiger partial charge in [-0.05, 0) is 57.1 Å². The van der Waals surface area contributed by atoms with Crippen LogP contribution >= 0.6 is 11.6 Å². The third-order valence-electron chi connectivity index (χ3n) is 6.27. The predicted octanol–water partition coefficient (Wildman–Crippen LogP) is 2.86. The standard InChI is InChI=1S/C19H26ClN3O2/c20-16-3-1-10-21-17(16)22-11-2-8-19(13-22)9-12-23(18(19)25)14-4-6-15(24)7-5-14/h1,3,10,14-15,24H,2,4-9,11-13H2. The van der Waals surface area contributed by atoms with Crippen molar-refractivity contribution in [1.82, 2.24) is 9.88 Å². The van der Waals surface area contributed by atoms with Gasteiger partial charge in [0.2, 0.25) is 5.91 Å². The van der Waals surface area contributed by atoms with E-state index in [9.17, 15) is 9.90 Å². The number of aromatic nitrogens is 1. The van der Waals surface area contributed by atoms with Crippen molar-refractivity contribution in [2.24, 2.45) is 5.41 Å². The molecule has 136 valence electrons. The Morgan fingerprint density at radius 3 is 2.76 bits per heavy atom. The van der Waals surface area contributed by atoms with Gasteiger partial charge in [0, 0.05) is 31.9 Å². The van der Waals surface area contributed by atoms with Gasteiger partial charge in [-0.1, -0.05) is 11.6 Å². The molecule has 3 aliphatic rings. The highest BCUT2D eigenvalue weighted by atomic mass is 35.5. The maximum absolute atomic E-state index is 13.3. The van der Waals surface area contributed by atoms with Crippen molar-refractivity contribution in [3.05, 3.63) is 23.4 Å². The molecule has 1 aliphatic carbocycles. The molecule has 2 saturated heterocycles. The Bertz CT molecular complexity index is 647. The van der Waals surface area contributed by atoms with Crippen molar-refractivity contribution in [3.8, 4) is 0 Å². The van der Waals surface area contributed by atoms with E-state index in [1.807, 2.05) is 12.1 Å². The second kappa shape index (κ2) is 6.76. The number of anilines is 1. The van der Waals surface area contributed by atoms with E-state index in [1.165, 1.54) is 0 Å². The fraction of sp³-hybridized carbons (Fsp3) is 0.684. The van der Waals surface area contributed by atoms with E-state index in [1.54, 1.807) is 6.20 Å². The number of halogens is 1. The van der Waals surface area contributed by atoms with Crippen molar-refractivity contribution in [2.75, 3.05) is 24.5 Å². The molecule has 2 aliphatic heterocycles. The van der Waals surface area contributed by atoms with E-state index < -0.39 is 0 Å². The van der Waals surface area contributed by atoms with Crippen LogP contribution in [-0.4, -0.2) is 52.7 Å².